The average Bonchev–Trinajstić information content (AvgIpc) is 3.11. The number of halogens is 1. The van der Waals surface area contributed by atoms with E-state index in [-0.39, 0.29) is 11.1 Å². The molecule has 8 heteroatoms. The van der Waals surface area contributed by atoms with Crippen LogP contribution in [-0.2, 0) is 6.54 Å². The van der Waals surface area contributed by atoms with E-state index in [2.05, 4.69) is 15.3 Å². The summed E-state index contributed by atoms with van der Waals surface area (Å²) < 4.78 is 8.45. The van der Waals surface area contributed by atoms with Crippen molar-refractivity contribution in [3.8, 4) is 11.4 Å². The van der Waals surface area contributed by atoms with Gasteiger partial charge in [-0.2, -0.15) is 4.68 Å². The van der Waals surface area contributed by atoms with Crippen LogP contribution in [-0.4, -0.2) is 31.2 Å². The Morgan fingerprint density at radius 2 is 1.89 bits per heavy atom. The molecule has 0 aliphatic rings. The Kier molecular flexibility index (Phi) is 4.60. The topological polar surface area (TPSA) is 74.8 Å². The van der Waals surface area contributed by atoms with Gasteiger partial charge in [-0.15, -0.1) is 5.10 Å². The van der Waals surface area contributed by atoms with Gasteiger partial charge in [-0.3, -0.25) is 9.36 Å². The van der Waals surface area contributed by atoms with E-state index in [1.54, 1.807) is 6.07 Å². The van der Waals surface area contributed by atoms with Gasteiger partial charge in [-0.25, -0.2) is 4.98 Å². The van der Waals surface area contributed by atoms with Gasteiger partial charge in [0.2, 0.25) is 0 Å². The zero-order valence-corrected chi connectivity index (χ0v) is 15.3. The molecule has 0 saturated carbocycles. The first-order valence-corrected chi connectivity index (χ1v) is 8.82. The minimum absolute atomic E-state index is 0.207. The van der Waals surface area contributed by atoms with Gasteiger partial charge < -0.3 is 4.74 Å². The van der Waals surface area contributed by atoms with Crippen molar-refractivity contribution >= 4 is 22.8 Å². The minimum atomic E-state index is -0.267. The van der Waals surface area contributed by atoms with Crippen LogP contribution in [0.25, 0.3) is 16.9 Å². The lowest BCUT2D eigenvalue weighted by atomic mass is 10.2. The molecule has 27 heavy (non-hydrogen) atoms. The van der Waals surface area contributed by atoms with E-state index in [0.717, 1.165) is 17.0 Å². The van der Waals surface area contributed by atoms with Crippen molar-refractivity contribution in [3.63, 3.8) is 0 Å². The number of hydrogen-bond acceptors (Lipinski definition) is 5. The van der Waals surface area contributed by atoms with E-state index < -0.39 is 0 Å². The second-order valence-corrected chi connectivity index (χ2v) is 6.28. The normalized spacial score (nSPS) is 11.0. The first-order valence-electron chi connectivity index (χ1n) is 8.45. The number of nitrogens with zero attached hydrogens (tertiary/aromatic N) is 5. The van der Waals surface area contributed by atoms with Crippen LogP contribution in [0.2, 0.25) is 5.02 Å². The van der Waals surface area contributed by atoms with Crippen molar-refractivity contribution in [1.29, 1.82) is 0 Å². The molecule has 4 aromatic rings. The number of ether oxygens (including phenoxy) is 1. The molecular weight excluding hydrogens is 366 g/mol. The molecule has 0 unspecified atom stereocenters. The van der Waals surface area contributed by atoms with E-state index in [9.17, 15) is 4.79 Å². The predicted molar refractivity (Wildman–Crippen MR) is 103 cm³/mol. The number of hydrogen-bond donors (Lipinski definition) is 0. The molecule has 0 bridgehead atoms. The van der Waals surface area contributed by atoms with E-state index >= 15 is 0 Å². The van der Waals surface area contributed by atoms with Crippen molar-refractivity contribution < 1.29 is 4.74 Å². The maximum absolute atomic E-state index is 12.8. The molecule has 4 rings (SSSR count). The molecule has 0 saturated heterocycles. The number of benzene rings is 2. The predicted octanol–water partition coefficient (Wildman–Crippen LogP) is 3.08. The lowest BCUT2D eigenvalue weighted by Crippen LogP contribution is -2.21. The average molecular weight is 382 g/mol. The maximum atomic E-state index is 12.8. The molecule has 136 valence electrons. The summed E-state index contributed by atoms with van der Waals surface area (Å²) in [5, 5.41) is 8.72. The molecule has 7 nitrogen and oxygen atoms in total. The second-order valence-electron chi connectivity index (χ2n) is 5.87. The van der Waals surface area contributed by atoms with Gasteiger partial charge in [0.1, 0.15) is 12.1 Å². The summed E-state index contributed by atoms with van der Waals surface area (Å²) in [4.78, 5) is 17.2. The second kappa shape index (κ2) is 7.20. The van der Waals surface area contributed by atoms with Crippen molar-refractivity contribution in [2.45, 2.75) is 13.5 Å². The molecule has 0 radical (unpaired) electrons. The van der Waals surface area contributed by atoms with Gasteiger partial charge in [0, 0.05) is 5.02 Å². The van der Waals surface area contributed by atoms with Gasteiger partial charge in [0.15, 0.2) is 11.2 Å². The SMILES string of the molecule is CCOc1ccc(-n2nnc3c(=O)n(Cc4ccccc4Cl)cnc32)cc1. The standard InChI is InChI=1S/C19H16ClN5O2/c1-2-27-15-9-7-14(8-10-15)25-18-17(22-23-25)19(26)24(12-21-18)11-13-5-3-4-6-16(13)20/h3-10,12H,2,11H2,1H3. The number of rotatable bonds is 5. The Hall–Kier alpha value is -3.19. The van der Waals surface area contributed by atoms with E-state index in [1.165, 1.54) is 15.6 Å². The quantitative estimate of drug-likeness (QED) is 0.531. The molecule has 0 spiro atoms. The molecule has 0 aliphatic heterocycles. The van der Waals surface area contributed by atoms with Crippen LogP contribution < -0.4 is 10.3 Å². The van der Waals surface area contributed by atoms with Crippen molar-refractivity contribution in [2.75, 3.05) is 6.61 Å². The molecule has 0 atom stereocenters. The van der Waals surface area contributed by atoms with Gasteiger partial charge in [0.05, 0.1) is 18.8 Å². The third-order valence-corrected chi connectivity index (χ3v) is 4.49. The van der Waals surface area contributed by atoms with Gasteiger partial charge in [-0.05, 0) is 42.8 Å². The molecule has 2 aromatic carbocycles. The Balaban J connectivity index is 1.71. The fraction of sp³-hybridized carbons (Fsp3) is 0.158. The summed E-state index contributed by atoms with van der Waals surface area (Å²) in [6.07, 6.45) is 1.49. The van der Waals surface area contributed by atoms with Crippen LogP contribution in [0, 0.1) is 0 Å². The van der Waals surface area contributed by atoms with E-state index in [0.29, 0.717) is 23.8 Å². The molecule has 0 N–H and O–H groups in total. The summed E-state index contributed by atoms with van der Waals surface area (Å²) in [5.74, 6) is 0.765. The molecule has 0 fully saturated rings. The van der Waals surface area contributed by atoms with Crippen LogP contribution in [0.15, 0.2) is 59.7 Å². The Morgan fingerprint density at radius 3 is 2.63 bits per heavy atom. The third-order valence-electron chi connectivity index (χ3n) is 4.12. The Labute approximate surface area is 159 Å². The molecule has 2 aromatic heterocycles. The van der Waals surface area contributed by atoms with Crippen LogP contribution in [0.3, 0.4) is 0 Å². The van der Waals surface area contributed by atoms with Crippen molar-refractivity contribution in [2.24, 2.45) is 0 Å². The zero-order chi connectivity index (χ0) is 18.8. The fourth-order valence-corrected chi connectivity index (χ4v) is 2.99. The highest BCUT2D eigenvalue weighted by Crippen LogP contribution is 2.18. The first-order chi connectivity index (χ1) is 13.2. The van der Waals surface area contributed by atoms with Crippen molar-refractivity contribution in [3.05, 3.63) is 75.8 Å². The largest absolute Gasteiger partial charge is 0.494 e. The van der Waals surface area contributed by atoms with Crippen LogP contribution >= 0.6 is 11.6 Å². The van der Waals surface area contributed by atoms with E-state index in [1.807, 2.05) is 49.4 Å². The summed E-state index contributed by atoms with van der Waals surface area (Å²) in [7, 11) is 0. The van der Waals surface area contributed by atoms with E-state index in [4.69, 9.17) is 16.3 Å². The zero-order valence-electron chi connectivity index (χ0n) is 14.5. The summed E-state index contributed by atoms with van der Waals surface area (Å²) >= 11 is 6.19. The molecule has 0 aliphatic carbocycles. The maximum Gasteiger partial charge on any atom is 0.283 e. The monoisotopic (exact) mass is 381 g/mol. The smallest absolute Gasteiger partial charge is 0.283 e. The molecular formula is C19H16ClN5O2. The van der Waals surface area contributed by atoms with Gasteiger partial charge >= 0.3 is 0 Å². The van der Waals surface area contributed by atoms with Crippen LogP contribution in [0.5, 0.6) is 5.75 Å². The Morgan fingerprint density at radius 1 is 1.11 bits per heavy atom. The summed E-state index contributed by atoms with van der Waals surface area (Å²) in [5.41, 5.74) is 1.92. The van der Waals surface area contributed by atoms with Crippen molar-refractivity contribution in [1.82, 2.24) is 24.5 Å². The number of fused-ring (bicyclic) bond motifs is 1. The number of aromatic nitrogens is 5. The fourth-order valence-electron chi connectivity index (χ4n) is 2.79. The molecule has 0 amide bonds. The third kappa shape index (κ3) is 3.29. The molecule has 2 heterocycles. The highest BCUT2D eigenvalue weighted by atomic mass is 35.5. The van der Waals surface area contributed by atoms with Crippen LogP contribution in [0.4, 0.5) is 0 Å². The lowest BCUT2D eigenvalue weighted by molar-refractivity contribution is 0.340. The minimum Gasteiger partial charge on any atom is -0.494 e. The highest BCUT2D eigenvalue weighted by molar-refractivity contribution is 6.31. The summed E-state index contributed by atoms with van der Waals surface area (Å²) in [6, 6.07) is 14.7. The summed E-state index contributed by atoms with van der Waals surface area (Å²) in [6.45, 7) is 2.84. The van der Waals surface area contributed by atoms with Gasteiger partial charge in [0.25, 0.3) is 5.56 Å². The Bertz CT molecular complexity index is 1150. The first kappa shape index (κ1) is 17.2. The van der Waals surface area contributed by atoms with Gasteiger partial charge in [-0.1, -0.05) is 35.0 Å². The highest BCUT2D eigenvalue weighted by Gasteiger charge is 2.14. The van der Waals surface area contributed by atoms with Crippen LogP contribution in [0.1, 0.15) is 12.5 Å². The lowest BCUT2D eigenvalue weighted by Gasteiger charge is -2.07.